The van der Waals surface area contributed by atoms with Gasteiger partial charge in [-0.25, -0.2) is 4.98 Å². The Labute approximate surface area is 151 Å². The van der Waals surface area contributed by atoms with Gasteiger partial charge in [0.1, 0.15) is 5.82 Å². The maximum Gasteiger partial charge on any atom is 0.255 e. The van der Waals surface area contributed by atoms with Crippen molar-refractivity contribution < 1.29 is 4.79 Å². The molecule has 1 N–H and O–H groups in total. The van der Waals surface area contributed by atoms with Crippen molar-refractivity contribution in [3.8, 4) is 0 Å². The third-order valence-corrected chi connectivity index (χ3v) is 4.30. The standard InChI is InChI=1S/C20H19N5O/c1-2-25-18-10-9-16(22-20(26)15-7-4-3-5-8-15)13-17(18)23-19(25)14-24-12-6-11-21-24/h3-13H,2,14H2,1H3,(H,22,26). The Hall–Kier alpha value is -3.41. The molecule has 0 bridgehead atoms. The zero-order valence-corrected chi connectivity index (χ0v) is 14.5. The zero-order valence-electron chi connectivity index (χ0n) is 14.5. The van der Waals surface area contributed by atoms with Crippen LogP contribution in [0.15, 0.2) is 67.0 Å². The van der Waals surface area contributed by atoms with Crippen molar-refractivity contribution in [3.63, 3.8) is 0 Å². The molecule has 0 unspecified atom stereocenters. The van der Waals surface area contributed by atoms with Gasteiger partial charge in [-0.1, -0.05) is 18.2 Å². The third-order valence-electron chi connectivity index (χ3n) is 4.30. The van der Waals surface area contributed by atoms with Crippen LogP contribution < -0.4 is 5.32 Å². The average Bonchev–Trinajstić information content (AvgIpc) is 3.29. The predicted molar refractivity (Wildman–Crippen MR) is 101 cm³/mol. The van der Waals surface area contributed by atoms with Gasteiger partial charge in [0.25, 0.3) is 5.91 Å². The van der Waals surface area contributed by atoms with Gasteiger partial charge in [-0.3, -0.25) is 9.48 Å². The molecular weight excluding hydrogens is 326 g/mol. The summed E-state index contributed by atoms with van der Waals surface area (Å²) in [6, 6.07) is 16.9. The lowest BCUT2D eigenvalue weighted by Crippen LogP contribution is -2.11. The highest BCUT2D eigenvalue weighted by atomic mass is 16.1. The van der Waals surface area contributed by atoms with Crippen LogP contribution in [-0.4, -0.2) is 25.2 Å². The molecule has 1 amide bonds. The Morgan fingerprint density at radius 1 is 1.12 bits per heavy atom. The number of hydrogen-bond acceptors (Lipinski definition) is 3. The number of anilines is 1. The summed E-state index contributed by atoms with van der Waals surface area (Å²) in [5.74, 6) is 0.814. The van der Waals surface area contributed by atoms with Gasteiger partial charge in [0.05, 0.1) is 17.6 Å². The first-order valence-corrected chi connectivity index (χ1v) is 8.57. The van der Waals surface area contributed by atoms with E-state index in [2.05, 4.69) is 21.9 Å². The summed E-state index contributed by atoms with van der Waals surface area (Å²) in [4.78, 5) is 17.1. The van der Waals surface area contributed by atoms with E-state index in [1.165, 1.54) is 0 Å². The molecule has 2 aromatic carbocycles. The summed E-state index contributed by atoms with van der Waals surface area (Å²) in [6.45, 7) is 3.53. The lowest BCUT2D eigenvalue weighted by Gasteiger charge is -2.07. The first-order valence-electron chi connectivity index (χ1n) is 8.57. The van der Waals surface area contributed by atoms with Gasteiger partial charge in [0, 0.05) is 30.2 Å². The topological polar surface area (TPSA) is 64.7 Å². The Morgan fingerprint density at radius 3 is 2.69 bits per heavy atom. The number of hydrogen-bond donors (Lipinski definition) is 1. The largest absolute Gasteiger partial charge is 0.327 e. The first kappa shape index (κ1) is 16.1. The molecule has 0 atom stereocenters. The van der Waals surface area contributed by atoms with E-state index in [9.17, 15) is 4.79 Å². The van der Waals surface area contributed by atoms with Crippen LogP contribution in [0.25, 0.3) is 11.0 Å². The van der Waals surface area contributed by atoms with Gasteiger partial charge in [-0.05, 0) is 43.3 Å². The van der Waals surface area contributed by atoms with Crippen molar-refractivity contribution >= 4 is 22.6 Å². The number of benzene rings is 2. The lowest BCUT2D eigenvalue weighted by molar-refractivity contribution is 0.102. The number of amides is 1. The molecule has 4 rings (SSSR count). The van der Waals surface area contributed by atoms with Crippen molar-refractivity contribution in [1.29, 1.82) is 0 Å². The number of rotatable bonds is 5. The van der Waals surface area contributed by atoms with E-state index in [1.807, 2.05) is 53.3 Å². The highest BCUT2D eigenvalue weighted by molar-refractivity contribution is 6.04. The van der Waals surface area contributed by atoms with E-state index in [0.717, 1.165) is 29.1 Å². The number of aromatic nitrogens is 4. The minimum absolute atomic E-state index is 0.128. The Morgan fingerprint density at radius 2 is 1.96 bits per heavy atom. The summed E-state index contributed by atoms with van der Waals surface area (Å²) in [5.41, 5.74) is 3.27. The normalized spacial score (nSPS) is 11.0. The fourth-order valence-electron chi connectivity index (χ4n) is 3.06. The van der Waals surface area contributed by atoms with E-state index < -0.39 is 0 Å². The average molecular weight is 345 g/mol. The van der Waals surface area contributed by atoms with E-state index in [4.69, 9.17) is 4.98 Å². The van der Waals surface area contributed by atoms with Gasteiger partial charge >= 0.3 is 0 Å². The summed E-state index contributed by atoms with van der Waals surface area (Å²) in [7, 11) is 0. The molecule has 6 heteroatoms. The molecule has 130 valence electrons. The highest BCUT2D eigenvalue weighted by Gasteiger charge is 2.12. The number of imidazole rings is 1. The van der Waals surface area contributed by atoms with Crippen molar-refractivity contribution in [2.24, 2.45) is 0 Å². The minimum Gasteiger partial charge on any atom is -0.327 e. The van der Waals surface area contributed by atoms with Crippen molar-refractivity contribution in [1.82, 2.24) is 19.3 Å². The zero-order chi connectivity index (χ0) is 17.9. The number of nitrogens with one attached hydrogen (secondary N) is 1. The number of carbonyl (C=O) groups is 1. The highest BCUT2D eigenvalue weighted by Crippen LogP contribution is 2.21. The van der Waals surface area contributed by atoms with E-state index in [-0.39, 0.29) is 5.91 Å². The number of carbonyl (C=O) groups excluding carboxylic acids is 1. The van der Waals surface area contributed by atoms with E-state index in [1.54, 1.807) is 18.3 Å². The smallest absolute Gasteiger partial charge is 0.255 e. The molecular formula is C20H19N5O. The molecule has 26 heavy (non-hydrogen) atoms. The van der Waals surface area contributed by atoms with E-state index >= 15 is 0 Å². The van der Waals surface area contributed by atoms with Crippen molar-refractivity contribution in [2.75, 3.05) is 5.32 Å². The fourth-order valence-corrected chi connectivity index (χ4v) is 3.06. The maximum atomic E-state index is 12.3. The molecule has 0 spiro atoms. The molecule has 4 aromatic rings. The monoisotopic (exact) mass is 345 g/mol. The van der Waals surface area contributed by atoms with Gasteiger partial charge in [0.15, 0.2) is 0 Å². The van der Waals surface area contributed by atoms with Gasteiger partial charge in [-0.15, -0.1) is 0 Å². The molecule has 0 aliphatic carbocycles. The Balaban J connectivity index is 1.63. The van der Waals surface area contributed by atoms with Crippen molar-refractivity contribution in [2.45, 2.75) is 20.0 Å². The Kier molecular flexibility index (Phi) is 4.23. The van der Waals surface area contributed by atoms with Gasteiger partial charge < -0.3 is 9.88 Å². The van der Waals surface area contributed by atoms with Gasteiger partial charge in [0.2, 0.25) is 0 Å². The summed E-state index contributed by atoms with van der Waals surface area (Å²) >= 11 is 0. The molecule has 0 radical (unpaired) electrons. The quantitative estimate of drug-likeness (QED) is 0.601. The van der Waals surface area contributed by atoms with Crippen LogP contribution in [-0.2, 0) is 13.1 Å². The number of aryl methyl sites for hydroxylation is 1. The second kappa shape index (κ2) is 6.84. The molecule has 2 aromatic heterocycles. The summed E-state index contributed by atoms with van der Waals surface area (Å²) in [5, 5.41) is 7.19. The van der Waals surface area contributed by atoms with Crippen LogP contribution in [0.1, 0.15) is 23.1 Å². The number of fused-ring (bicyclic) bond motifs is 1. The minimum atomic E-state index is -0.128. The van der Waals surface area contributed by atoms with Crippen LogP contribution in [0.2, 0.25) is 0 Å². The maximum absolute atomic E-state index is 12.3. The number of nitrogens with zero attached hydrogens (tertiary/aromatic N) is 4. The van der Waals surface area contributed by atoms with Crippen molar-refractivity contribution in [3.05, 3.63) is 78.4 Å². The second-order valence-corrected chi connectivity index (χ2v) is 6.00. The molecule has 0 saturated carbocycles. The molecule has 2 heterocycles. The van der Waals surface area contributed by atoms with Crippen LogP contribution >= 0.6 is 0 Å². The second-order valence-electron chi connectivity index (χ2n) is 6.00. The summed E-state index contributed by atoms with van der Waals surface area (Å²) in [6.07, 6.45) is 3.68. The first-order chi connectivity index (χ1) is 12.7. The fraction of sp³-hybridized carbons (Fsp3) is 0.150. The Bertz CT molecular complexity index is 1030. The van der Waals surface area contributed by atoms with Gasteiger partial charge in [-0.2, -0.15) is 5.10 Å². The lowest BCUT2D eigenvalue weighted by atomic mass is 10.2. The molecule has 0 fully saturated rings. The molecule has 6 nitrogen and oxygen atoms in total. The van der Waals surface area contributed by atoms with Crippen LogP contribution in [0.4, 0.5) is 5.69 Å². The molecule has 0 aliphatic heterocycles. The van der Waals surface area contributed by atoms with E-state index in [0.29, 0.717) is 12.1 Å². The third kappa shape index (κ3) is 3.09. The summed E-state index contributed by atoms with van der Waals surface area (Å²) < 4.78 is 4.02. The van der Waals surface area contributed by atoms with Crippen LogP contribution in [0, 0.1) is 0 Å². The predicted octanol–water partition coefficient (Wildman–Crippen LogP) is 3.55. The molecule has 0 aliphatic rings. The van der Waals surface area contributed by atoms with Crippen LogP contribution in [0.5, 0.6) is 0 Å². The van der Waals surface area contributed by atoms with Crippen LogP contribution in [0.3, 0.4) is 0 Å². The SMILES string of the molecule is CCn1c(Cn2cccn2)nc2cc(NC(=O)c3ccccc3)ccc21. The molecule has 0 saturated heterocycles.